The molecule has 2 amide bonds. The molecule has 5 rings (SSSR count). The van der Waals surface area contributed by atoms with Crippen molar-refractivity contribution in [1.82, 2.24) is 30.0 Å². The normalized spacial score (nSPS) is 18.4. The van der Waals surface area contributed by atoms with Crippen molar-refractivity contribution in [2.24, 2.45) is 5.41 Å². The van der Waals surface area contributed by atoms with Gasteiger partial charge in [0, 0.05) is 66.6 Å². The van der Waals surface area contributed by atoms with Gasteiger partial charge >= 0.3 is 12.1 Å². The van der Waals surface area contributed by atoms with Gasteiger partial charge in [0.2, 0.25) is 5.82 Å². The zero-order chi connectivity index (χ0) is 32.5. The maximum atomic E-state index is 13.7. The summed E-state index contributed by atoms with van der Waals surface area (Å²) in [6.45, 7) is 11.6. The van der Waals surface area contributed by atoms with Crippen molar-refractivity contribution in [2.75, 3.05) is 25.0 Å². The number of hydrogen-bond donors (Lipinski definition) is 2. The van der Waals surface area contributed by atoms with Crippen LogP contribution < -0.4 is 5.32 Å². The first kappa shape index (κ1) is 32.5. The highest BCUT2D eigenvalue weighted by Crippen LogP contribution is 2.40. The number of carbonyl (C=O) groups is 3. The van der Waals surface area contributed by atoms with E-state index in [1.807, 2.05) is 26.8 Å². The number of rotatable bonds is 9. The minimum Gasteiger partial charge on any atom is -0.422 e. The molecule has 1 saturated carbocycles. The summed E-state index contributed by atoms with van der Waals surface area (Å²) in [4.78, 5) is 52.3. The molecule has 1 saturated heterocycles. The van der Waals surface area contributed by atoms with Crippen molar-refractivity contribution in [2.45, 2.75) is 91.4 Å². The number of aromatic amines is 1. The first-order valence-electron chi connectivity index (χ1n) is 15.6. The zero-order valence-corrected chi connectivity index (χ0v) is 27.5. The van der Waals surface area contributed by atoms with Gasteiger partial charge in [0.1, 0.15) is 5.82 Å². The van der Waals surface area contributed by atoms with Crippen molar-refractivity contribution in [1.29, 1.82) is 0 Å². The molecule has 45 heavy (non-hydrogen) atoms. The lowest BCUT2D eigenvalue weighted by molar-refractivity contribution is -0.223. The van der Waals surface area contributed by atoms with E-state index >= 15 is 0 Å². The van der Waals surface area contributed by atoms with Gasteiger partial charge in [0.25, 0.3) is 11.7 Å². The smallest absolute Gasteiger partial charge is 0.413 e. The summed E-state index contributed by atoms with van der Waals surface area (Å²) >= 11 is 6.29. The number of benzene rings is 1. The predicted octanol–water partition coefficient (Wildman–Crippen LogP) is 6.41. The number of ether oxygens (including phenoxy) is 2. The molecule has 3 heterocycles. The van der Waals surface area contributed by atoms with E-state index in [0.29, 0.717) is 52.7 Å². The Labute approximate surface area is 268 Å². The van der Waals surface area contributed by atoms with Crippen LogP contribution in [-0.4, -0.2) is 79.4 Å². The summed E-state index contributed by atoms with van der Waals surface area (Å²) < 4.78 is 11.7. The van der Waals surface area contributed by atoms with Crippen LogP contribution in [0.5, 0.6) is 0 Å². The number of aromatic nitrogens is 4. The average Bonchev–Trinajstić information content (AvgIpc) is 3.74. The van der Waals surface area contributed by atoms with Gasteiger partial charge in [-0.05, 0) is 65.2 Å². The molecule has 1 aliphatic heterocycles. The summed E-state index contributed by atoms with van der Waals surface area (Å²) in [7, 11) is 0. The Bertz CT molecular complexity index is 1580. The molecule has 13 heteroatoms. The number of anilines is 2. The Kier molecular flexibility index (Phi) is 9.25. The van der Waals surface area contributed by atoms with E-state index in [1.165, 1.54) is 0 Å². The molecule has 3 aromatic rings. The van der Waals surface area contributed by atoms with Gasteiger partial charge in [-0.2, -0.15) is 5.10 Å². The van der Waals surface area contributed by atoms with Crippen molar-refractivity contribution in [3.8, 4) is 0 Å². The number of amides is 2. The molecule has 2 unspecified atom stereocenters. The fraction of sp³-hybridized carbons (Fsp3) is 0.562. The van der Waals surface area contributed by atoms with E-state index < -0.39 is 23.3 Å². The number of H-pyrrole nitrogens is 1. The predicted molar refractivity (Wildman–Crippen MR) is 170 cm³/mol. The van der Waals surface area contributed by atoms with Crippen LogP contribution in [-0.2, 0) is 14.3 Å². The van der Waals surface area contributed by atoms with Crippen LogP contribution in [0.25, 0.3) is 10.9 Å². The number of carbonyl (C=O) groups excluding carboxylic acids is 3. The second-order valence-corrected chi connectivity index (χ2v) is 13.4. The highest BCUT2D eigenvalue weighted by Gasteiger charge is 2.42. The quantitative estimate of drug-likeness (QED) is 0.201. The summed E-state index contributed by atoms with van der Waals surface area (Å²) in [5, 5.41) is 11.9. The molecule has 12 nitrogen and oxygen atoms in total. The first-order valence-corrected chi connectivity index (χ1v) is 16.0. The van der Waals surface area contributed by atoms with E-state index in [1.54, 1.807) is 48.8 Å². The lowest BCUT2D eigenvalue weighted by atomic mass is 9.97. The van der Waals surface area contributed by atoms with E-state index in [2.05, 4.69) is 25.5 Å². The summed E-state index contributed by atoms with van der Waals surface area (Å²) in [5.74, 6) is -0.609. The minimum absolute atomic E-state index is 0.0236. The van der Waals surface area contributed by atoms with Gasteiger partial charge in [-0.15, -0.1) is 0 Å². The average molecular weight is 640 g/mol. The molecule has 2 aromatic heterocycles. The lowest BCUT2D eigenvalue weighted by Gasteiger charge is -2.41. The monoisotopic (exact) mass is 639 g/mol. The number of hydrogen-bond acceptors (Lipinski definition) is 9. The van der Waals surface area contributed by atoms with E-state index in [4.69, 9.17) is 21.1 Å². The van der Waals surface area contributed by atoms with Gasteiger partial charge in [-0.1, -0.05) is 25.4 Å². The second-order valence-electron chi connectivity index (χ2n) is 13.0. The molecule has 1 aliphatic carbocycles. The van der Waals surface area contributed by atoms with Crippen LogP contribution >= 0.6 is 11.6 Å². The largest absolute Gasteiger partial charge is 0.422 e. The van der Waals surface area contributed by atoms with Crippen molar-refractivity contribution < 1.29 is 23.9 Å². The maximum absolute atomic E-state index is 13.7. The Morgan fingerprint density at radius 1 is 1.09 bits per heavy atom. The van der Waals surface area contributed by atoms with Gasteiger partial charge in [-0.25, -0.2) is 14.8 Å². The van der Waals surface area contributed by atoms with Crippen LogP contribution in [0.15, 0.2) is 24.3 Å². The maximum Gasteiger partial charge on any atom is 0.413 e. The van der Waals surface area contributed by atoms with Gasteiger partial charge in [-0.3, -0.25) is 14.7 Å². The van der Waals surface area contributed by atoms with Gasteiger partial charge in [0.05, 0.1) is 10.9 Å². The molecule has 2 N–H and O–H groups in total. The molecule has 1 aromatic carbocycles. The molecule has 242 valence electrons. The molecule has 0 radical (unpaired) electrons. The molecule has 0 spiro atoms. The molecule has 2 fully saturated rings. The second kappa shape index (κ2) is 12.8. The van der Waals surface area contributed by atoms with Crippen LogP contribution in [0.2, 0.25) is 5.02 Å². The fourth-order valence-electron chi connectivity index (χ4n) is 5.34. The van der Waals surface area contributed by atoms with Crippen molar-refractivity contribution >= 4 is 52.1 Å². The van der Waals surface area contributed by atoms with Crippen LogP contribution in [0.3, 0.4) is 0 Å². The Morgan fingerprint density at radius 2 is 1.84 bits per heavy atom. The molecule has 0 bridgehead atoms. The number of piperazine rings is 1. The number of esters is 1. The summed E-state index contributed by atoms with van der Waals surface area (Å²) in [6.07, 6.45) is 3.05. The van der Waals surface area contributed by atoms with Crippen molar-refractivity contribution in [3.63, 3.8) is 0 Å². The molecular weight excluding hydrogens is 598 g/mol. The third-order valence-electron chi connectivity index (χ3n) is 8.19. The standard InChI is InChI=1S/C32H42ClN7O5/c1-7-13-32(8-2,44-29(42)31(4,5)6)45-30(43)40-15-14-39(18-19(40)3)28(41)27-34-23-12-11-21(33)16-22(23)26(36-27)35-25-17-24(37-38-25)20-9-10-20/h11-12,16-17,19-20H,7-10,13-15,18H2,1-6H3,(H2,34,35,36,37,38). The summed E-state index contributed by atoms with van der Waals surface area (Å²) in [5.41, 5.74) is 0.878. The topological polar surface area (TPSA) is 143 Å². The highest BCUT2D eigenvalue weighted by molar-refractivity contribution is 6.31. The molecule has 2 atom stereocenters. The number of nitrogens with zero attached hydrogens (tertiary/aromatic N) is 5. The lowest BCUT2D eigenvalue weighted by Crippen LogP contribution is -2.57. The van der Waals surface area contributed by atoms with E-state index in [-0.39, 0.29) is 37.4 Å². The number of fused-ring (bicyclic) bond motifs is 1. The van der Waals surface area contributed by atoms with Gasteiger partial charge in [0.15, 0.2) is 5.82 Å². The van der Waals surface area contributed by atoms with Crippen molar-refractivity contribution in [3.05, 3.63) is 40.8 Å². The Balaban J connectivity index is 1.31. The van der Waals surface area contributed by atoms with Crippen LogP contribution in [0, 0.1) is 5.41 Å². The molecular formula is C32H42ClN7O5. The first-order chi connectivity index (χ1) is 21.3. The Hall–Kier alpha value is -3.93. The van der Waals surface area contributed by atoms with Crippen LogP contribution in [0.1, 0.15) is 95.9 Å². The van der Waals surface area contributed by atoms with E-state index in [9.17, 15) is 14.4 Å². The number of nitrogens with one attached hydrogen (secondary N) is 2. The summed E-state index contributed by atoms with van der Waals surface area (Å²) in [6, 6.07) is 6.80. The number of halogens is 1. The molecule has 2 aliphatic rings. The zero-order valence-electron chi connectivity index (χ0n) is 26.8. The highest BCUT2D eigenvalue weighted by atomic mass is 35.5. The Morgan fingerprint density at radius 3 is 2.49 bits per heavy atom. The van der Waals surface area contributed by atoms with Crippen LogP contribution in [0.4, 0.5) is 16.4 Å². The van der Waals surface area contributed by atoms with E-state index in [0.717, 1.165) is 18.5 Å². The SMILES string of the molecule is CCCC(CC)(OC(=O)N1CCN(C(=O)c2nc(Nc3cc(C4CC4)[nH]n3)c3cc(Cl)ccc3n2)CC1C)OC(=O)C(C)(C)C. The fourth-order valence-corrected chi connectivity index (χ4v) is 5.51. The third kappa shape index (κ3) is 7.32. The minimum atomic E-state index is -1.36. The van der Waals surface area contributed by atoms with Gasteiger partial charge < -0.3 is 24.6 Å². The third-order valence-corrected chi connectivity index (χ3v) is 8.43.